The van der Waals surface area contributed by atoms with Crippen LogP contribution in [0.2, 0.25) is 0 Å². The van der Waals surface area contributed by atoms with Crippen LogP contribution >= 0.6 is 0 Å². The molecule has 12 heavy (non-hydrogen) atoms. The van der Waals surface area contributed by atoms with Crippen LogP contribution in [0.4, 0.5) is 0 Å². The molecule has 0 spiro atoms. The van der Waals surface area contributed by atoms with Crippen LogP contribution in [0.5, 0.6) is 5.75 Å². The Bertz CT molecular complexity index is 354. The fourth-order valence-electron chi connectivity index (χ4n) is 0.815. The van der Waals surface area contributed by atoms with E-state index in [1.54, 1.807) is 6.92 Å². The number of pyridine rings is 1. The normalized spacial score (nSPS) is 9.75. The summed E-state index contributed by atoms with van der Waals surface area (Å²) in [7, 11) is 0. The van der Waals surface area contributed by atoms with Crippen LogP contribution in [0, 0.1) is 0 Å². The third kappa shape index (κ3) is 1.53. The molecule has 0 aliphatic heterocycles. The monoisotopic (exact) mass is 167 g/mol. The number of nitrogens with one attached hydrogen (secondary N) is 1. The van der Waals surface area contributed by atoms with Crippen molar-refractivity contribution in [1.29, 1.82) is 0 Å². The van der Waals surface area contributed by atoms with Gasteiger partial charge in [-0.3, -0.25) is 9.59 Å². The van der Waals surface area contributed by atoms with Crippen molar-refractivity contribution in [3.63, 3.8) is 0 Å². The molecule has 64 valence electrons. The van der Waals surface area contributed by atoms with E-state index in [1.165, 1.54) is 0 Å². The first-order valence-corrected chi connectivity index (χ1v) is 3.60. The van der Waals surface area contributed by atoms with Gasteiger partial charge in [-0.15, -0.1) is 0 Å². The molecular weight excluding hydrogens is 158 g/mol. The molecule has 0 aliphatic carbocycles. The number of aromatic amines is 1. The minimum absolute atomic E-state index is 0.146. The Labute approximate surface area is 68.9 Å². The number of aromatic nitrogens is 1. The minimum atomic E-state index is -0.537. The van der Waals surface area contributed by atoms with E-state index in [1.807, 2.05) is 0 Å². The first kappa shape index (κ1) is 8.52. The minimum Gasteiger partial charge on any atom is -0.503 e. The van der Waals surface area contributed by atoms with Crippen molar-refractivity contribution in [2.24, 2.45) is 0 Å². The van der Waals surface area contributed by atoms with Crippen molar-refractivity contribution < 1.29 is 9.90 Å². The predicted molar refractivity (Wildman–Crippen MR) is 43.3 cm³/mol. The summed E-state index contributed by atoms with van der Waals surface area (Å²) in [5.74, 6) is -0.519. The number of rotatable bonds is 2. The fourth-order valence-corrected chi connectivity index (χ4v) is 0.815. The number of hydrogen-bond donors (Lipinski definition) is 2. The highest BCUT2D eigenvalue weighted by Crippen LogP contribution is 2.00. The van der Waals surface area contributed by atoms with Crippen LogP contribution < -0.4 is 5.43 Å². The van der Waals surface area contributed by atoms with Gasteiger partial charge in [-0.2, -0.15) is 0 Å². The van der Waals surface area contributed by atoms with Crippen LogP contribution in [0.25, 0.3) is 0 Å². The summed E-state index contributed by atoms with van der Waals surface area (Å²) < 4.78 is 0. The molecule has 0 fully saturated rings. The molecule has 0 saturated heterocycles. The Kier molecular flexibility index (Phi) is 2.28. The van der Waals surface area contributed by atoms with Gasteiger partial charge in [0.25, 0.3) is 0 Å². The van der Waals surface area contributed by atoms with Gasteiger partial charge in [-0.05, 0) is 0 Å². The fraction of sp³-hybridized carbons (Fsp3) is 0.250. The molecule has 0 amide bonds. The van der Waals surface area contributed by atoms with E-state index in [2.05, 4.69) is 4.98 Å². The van der Waals surface area contributed by atoms with Gasteiger partial charge >= 0.3 is 0 Å². The second kappa shape index (κ2) is 3.21. The maximum absolute atomic E-state index is 11.0. The molecule has 1 aromatic rings. The molecule has 1 aromatic heterocycles. The molecule has 4 heteroatoms. The van der Waals surface area contributed by atoms with Crippen LogP contribution in [0.15, 0.2) is 17.1 Å². The highest BCUT2D eigenvalue weighted by Gasteiger charge is 2.05. The zero-order valence-corrected chi connectivity index (χ0v) is 6.63. The lowest BCUT2D eigenvalue weighted by Gasteiger charge is -1.96. The Morgan fingerprint density at radius 3 is 2.83 bits per heavy atom. The van der Waals surface area contributed by atoms with E-state index < -0.39 is 5.43 Å². The highest BCUT2D eigenvalue weighted by atomic mass is 16.3. The zero-order chi connectivity index (χ0) is 9.14. The lowest BCUT2D eigenvalue weighted by molar-refractivity contribution is 0.0983. The molecule has 4 nitrogen and oxygen atoms in total. The van der Waals surface area contributed by atoms with Crippen LogP contribution in [-0.2, 0) is 0 Å². The second-order valence-corrected chi connectivity index (χ2v) is 2.37. The van der Waals surface area contributed by atoms with Crippen molar-refractivity contribution in [2.45, 2.75) is 13.3 Å². The molecule has 0 unspecified atom stereocenters. The molecule has 1 heterocycles. The first-order valence-electron chi connectivity index (χ1n) is 3.60. The van der Waals surface area contributed by atoms with Gasteiger partial charge in [-0.25, -0.2) is 0 Å². The number of hydrogen-bond acceptors (Lipinski definition) is 3. The van der Waals surface area contributed by atoms with Crippen molar-refractivity contribution in [1.82, 2.24) is 4.98 Å². The largest absolute Gasteiger partial charge is 0.503 e. The molecule has 0 aliphatic rings. The molecule has 2 N–H and O–H groups in total. The summed E-state index contributed by atoms with van der Waals surface area (Å²) in [5.41, 5.74) is -0.300. The standard InChI is InChI=1S/C8H9NO3/c1-2-6(10)5-3-7(11)8(12)4-9-5/h3-4,12H,2H2,1H3,(H,9,11). The Hall–Kier alpha value is -1.58. The topological polar surface area (TPSA) is 70.2 Å². The van der Waals surface area contributed by atoms with Crippen LogP contribution in [-0.4, -0.2) is 15.9 Å². The third-order valence-electron chi connectivity index (χ3n) is 1.51. The molecule has 0 atom stereocenters. The zero-order valence-electron chi connectivity index (χ0n) is 6.63. The average molecular weight is 167 g/mol. The quantitative estimate of drug-likeness (QED) is 0.636. The van der Waals surface area contributed by atoms with Gasteiger partial charge in [0, 0.05) is 18.7 Å². The van der Waals surface area contributed by atoms with Crippen LogP contribution in [0.1, 0.15) is 23.8 Å². The van der Waals surface area contributed by atoms with Crippen molar-refractivity contribution in [3.8, 4) is 5.75 Å². The SMILES string of the molecule is CCC(=O)c1cc(=O)c(O)c[nH]1. The smallest absolute Gasteiger partial charge is 0.223 e. The van der Waals surface area contributed by atoms with E-state index in [-0.39, 0.29) is 17.2 Å². The summed E-state index contributed by atoms with van der Waals surface area (Å²) in [6, 6.07) is 1.10. The number of ketones is 1. The molecule has 1 rings (SSSR count). The first-order chi connectivity index (χ1) is 5.65. The number of Topliss-reactive ketones (excluding diaryl/α,β-unsaturated/α-hetero) is 1. The molecule has 0 bridgehead atoms. The Morgan fingerprint density at radius 2 is 2.33 bits per heavy atom. The summed E-state index contributed by atoms with van der Waals surface area (Å²) >= 11 is 0. The van der Waals surface area contributed by atoms with Crippen molar-refractivity contribution in [2.75, 3.05) is 0 Å². The predicted octanol–water partition coefficient (Wildman–Crippen LogP) is 0.673. The van der Waals surface area contributed by atoms with E-state index in [4.69, 9.17) is 5.11 Å². The Morgan fingerprint density at radius 1 is 1.67 bits per heavy atom. The van der Waals surface area contributed by atoms with Crippen LogP contribution in [0.3, 0.4) is 0 Å². The van der Waals surface area contributed by atoms with Gasteiger partial charge in [0.05, 0.1) is 5.69 Å². The second-order valence-electron chi connectivity index (χ2n) is 2.37. The number of carbonyl (C=O) groups is 1. The molecule has 0 saturated carbocycles. The lowest BCUT2D eigenvalue weighted by Crippen LogP contribution is -2.07. The Balaban J connectivity index is 3.13. The van der Waals surface area contributed by atoms with Gasteiger partial charge < -0.3 is 10.1 Å². The van der Waals surface area contributed by atoms with E-state index in [9.17, 15) is 9.59 Å². The van der Waals surface area contributed by atoms with Gasteiger partial charge in [-0.1, -0.05) is 6.92 Å². The molecule has 0 aromatic carbocycles. The number of H-pyrrole nitrogens is 1. The maximum Gasteiger partial charge on any atom is 0.223 e. The van der Waals surface area contributed by atoms with Crippen molar-refractivity contribution in [3.05, 3.63) is 28.2 Å². The highest BCUT2D eigenvalue weighted by molar-refractivity contribution is 5.93. The number of aromatic hydroxyl groups is 1. The third-order valence-corrected chi connectivity index (χ3v) is 1.51. The maximum atomic E-state index is 11.0. The molecule has 0 radical (unpaired) electrons. The summed E-state index contributed by atoms with van der Waals surface area (Å²) in [6.07, 6.45) is 1.45. The summed E-state index contributed by atoms with van der Waals surface area (Å²) in [6.45, 7) is 1.70. The van der Waals surface area contributed by atoms with E-state index >= 15 is 0 Å². The average Bonchev–Trinajstić information content (AvgIpc) is 2.08. The summed E-state index contributed by atoms with van der Waals surface area (Å²) in [4.78, 5) is 24.4. The van der Waals surface area contributed by atoms with Gasteiger partial charge in [0.1, 0.15) is 0 Å². The van der Waals surface area contributed by atoms with E-state index in [0.717, 1.165) is 12.3 Å². The van der Waals surface area contributed by atoms with Gasteiger partial charge in [0.2, 0.25) is 5.43 Å². The number of carbonyl (C=O) groups excluding carboxylic acids is 1. The summed E-state index contributed by atoms with van der Waals surface area (Å²) in [5, 5.41) is 8.84. The van der Waals surface area contributed by atoms with Gasteiger partial charge in [0.15, 0.2) is 11.5 Å². The van der Waals surface area contributed by atoms with Crippen molar-refractivity contribution >= 4 is 5.78 Å². The molecular formula is C8H9NO3. The van der Waals surface area contributed by atoms with E-state index in [0.29, 0.717) is 6.42 Å². The lowest BCUT2D eigenvalue weighted by atomic mass is 10.2.